The number of anilines is 1. The lowest BCUT2D eigenvalue weighted by molar-refractivity contribution is -0.137. The number of ether oxygens (including phenoxy) is 4. The molecule has 1 N–H and O–H groups in total. The Morgan fingerprint density at radius 3 is 2.32 bits per heavy atom. The molecule has 1 aliphatic rings. The highest BCUT2D eigenvalue weighted by Crippen LogP contribution is 2.34. The molecule has 1 saturated heterocycles. The van der Waals surface area contributed by atoms with E-state index in [4.69, 9.17) is 42.1 Å². The largest absolute Gasteiger partial charge is 0.508 e. The van der Waals surface area contributed by atoms with Gasteiger partial charge in [-0.15, -0.1) is 0 Å². The van der Waals surface area contributed by atoms with Crippen molar-refractivity contribution in [2.24, 2.45) is 0 Å². The van der Waals surface area contributed by atoms with E-state index in [9.17, 15) is 22.8 Å². The van der Waals surface area contributed by atoms with E-state index in [1.807, 2.05) is 0 Å². The number of rotatable bonds is 10. The average Bonchev–Trinajstić information content (AvgIpc) is 2.85. The topological polar surface area (TPSA) is 86.3 Å². The van der Waals surface area contributed by atoms with Crippen molar-refractivity contribution < 1.29 is 41.7 Å². The summed E-state index contributed by atoms with van der Waals surface area (Å²) in [4.78, 5) is 25.8. The molecular weight excluding hydrogens is 552 g/mol. The predicted octanol–water partition coefficient (Wildman–Crippen LogP) is 6.05. The van der Waals surface area contributed by atoms with Crippen LogP contribution in [0.25, 0.3) is 0 Å². The van der Waals surface area contributed by atoms with Crippen LogP contribution < -0.4 is 14.8 Å². The van der Waals surface area contributed by atoms with Gasteiger partial charge in [-0.25, -0.2) is 4.79 Å². The molecule has 0 aliphatic carbocycles. The van der Waals surface area contributed by atoms with Gasteiger partial charge in [0.2, 0.25) is 0 Å². The molecule has 0 saturated carbocycles. The van der Waals surface area contributed by atoms with E-state index < -0.39 is 30.4 Å². The van der Waals surface area contributed by atoms with Crippen LogP contribution in [0, 0.1) is 0 Å². The maximum Gasteiger partial charge on any atom is 0.508 e. The Morgan fingerprint density at radius 1 is 1.03 bits per heavy atom. The third kappa shape index (κ3) is 9.14. The molecule has 1 heterocycles. The first-order valence-corrected chi connectivity index (χ1v) is 12.6. The number of hydrogen-bond donors (Lipinski definition) is 1. The Labute approximate surface area is 227 Å². The van der Waals surface area contributed by atoms with E-state index in [1.54, 1.807) is 19.1 Å². The second kappa shape index (κ2) is 13.8. The molecule has 1 amide bonds. The molecule has 0 aromatic heterocycles. The Morgan fingerprint density at radius 2 is 1.68 bits per heavy atom. The minimum absolute atomic E-state index is 0.0488. The van der Waals surface area contributed by atoms with Crippen LogP contribution in [0.15, 0.2) is 36.4 Å². The van der Waals surface area contributed by atoms with E-state index in [2.05, 4.69) is 10.2 Å². The molecule has 2 aromatic carbocycles. The molecule has 208 valence electrons. The molecule has 8 nitrogen and oxygen atoms in total. The number of alkyl halides is 3. The summed E-state index contributed by atoms with van der Waals surface area (Å²) in [5.41, 5.74) is -0.528. The molecule has 0 spiro atoms. The fraction of sp³-hybridized carbons (Fsp3) is 0.440. The Balaban J connectivity index is 1.39. The van der Waals surface area contributed by atoms with E-state index in [-0.39, 0.29) is 28.5 Å². The Kier molecular flexibility index (Phi) is 10.7. The van der Waals surface area contributed by atoms with Crippen LogP contribution in [0.2, 0.25) is 10.0 Å². The molecule has 0 unspecified atom stereocenters. The van der Waals surface area contributed by atoms with Gasteiger partial charge < -0.3 is 24.3 Å². The zero-order chi connectivity index (χ0) is 27.7. The average molecular weight is 579 g/mol. The van der Waals surface area contributed by atoms with Crippen molar-refractivity contribution >= 4 is 41.0 Å². The van der Waals surface area contributed by atoms with Crippen LogP contribution >= 0.6 is 23.2 Å². The summed E-state index contributed by atoms with van der Waals surface area (Å²) in [6, 6.07) is 7.34. The number of nitrogens with one attached hydrogen (secondary N) is 1. The number of carbonyl (C=O) groups is 2. The lowest BCUT2D eigenvalue weighted by Crippen LogP contribution is -2.39. The number of halogens is 5. The molecule has 0 bridgehead atoms. The van der Waals surface area contributed by atoms with Crippen LogP contribution in [0.1, 0.15) is 25.3 Å². The standard InChI is InChI=1S/C25H27Cl2F3N2O6/c1-2-35-24(34)38-18-7-9-32(10-8-18)11-12-36-21-6-4-17(14-20(21)27)31-23(33)15-37-22-5-3-16(13-19(22)26)25(28,29)30/h3-6,13-14,18H,2,7-12,15H2,1H3,(H,31,33). The second-order valence-corrected chi connectivity index (χ2v) is 9.13. The zero-order valence-electron chi connectivity index (χ0n) is 20.5. The minimum Gasteiger partial charge on any atom is -0.491 e. The van der Waals surface area contributed by atoms with Crippen LogP contribution in [-0.2, 0) is 20.4 Å². The SMILES string of the molecule is CCOC(=O)OC1CCN(CCOc2ccc(NC(=O)COc3ccc(C(F)(F)F)cc3Cl)cc2Cl)CC1. The van der Waals surface area contributed by atoms with Crippen LogP contribution in [-0.4, -0.2) is 62.5 Å². The number of amides is 1. The third-order valence-corrected chi connectivity index (χ3v) is 6.15. The number of hydrogen-bond acceptors (Lipinski definition) is 7. The van der Waals surface area contributed by atoms with E-state index in [0.29, 0.717) is 37.4 Å². The Bertz CT molecular complexity index is 1110. The van der Waals surface area contributed by atoms with Gasteiger partial charge in [0.15, 0.2) is 6.61 Å². The zero-order valence-corrected chi connectivity index (χ0v) is 22.0. The number of carbonyl (C=O) groups excluding carboxylic acids is 2. The summed E-state index contributed by atoms with van der Waals surface area (Å²) in [5, 5.41) is 2.62. The van der Waals surface area contributed by atoms with Crippen molar-refractivity contribution in [3.05, 3.63) is 52.0 Å². The first kappa shape index (κ1) is 29.7. The third-order valence-electron chi connectivity index (χ3n) is 5.56. The summed E-state index contributed by atoms with van der Waals surface area (Å²) in [7, 11) is 0. The highest BCUT2D eigenvalue weighted by Gasteiger charge is 2.31. The maximum atomic E-state index is 12.7. The first-order valence-electron chi connectivity index (χ1n) is 11.8. The van der Waals surface area contributed by atoms with Crippen molar-refractivity contribution in [1.82, 2.24) is 4.90 Å². The minimum atomic E-state index is -4.53. The van der Waals surface area contributed by atoms with Gasteiger partial charge in [-0.1, -0.05) is 23.2 Å². The summed E-state index contributed by atoms with van der Waals surface area (Å²) in [6.07, 6.45) is -3.90. The summed E-state index contributed by atoms with van der Waals surface area (Å²) < 4.78 is 59.3. The van der Waals surface area contributed by atoms with Gasteiger partial charge in [0.25, 0.3) is 5.91 Å². The molecule has 13 heteroatoms. The molecule has 0 radical (unpaired) electrons. The molecule has 3 rings (SSSR count). The lowest BCUT2D eigenvalue weighted by Gasteiger charge is -2.31. The van der Waals surface area contributed by atoms with E-state index >= 15 is 0 Å². The lowest BCUT2D eigenvalue weighted by atomic mass is 10.1. The van der Waals surface area contributed by atoms with E-state index in [0.717, 1.165) is 31.3 Å². The van der Waals surface area contributed by atoms with Crippen LogP contribution in [0.4, 0.5) is 23.7 Å². The molecule has 1 fully saturated rings. The number of benzene rings is 2. The maximum absolute atomic E-state index is 12.7. The summed E-state index contributed by atoms with van der Waals surface area (Å²) >= 11 is 12.1. The van der Waals surface area contributed by atoms with Crippen LogP contribution in [0.5, 0.6) is 11.5 Å². The van der Waals surface area contributed by atoms with Crippen molar-refractivity contribution in [2.45, 2.75) is 32.0 Å². The van der Waals surface area contributed by atoms with Crippen molar-refractivity contribution in [2.75, 3.05) is 44.8 Å². The number of likely N-dealkylation sites (tertiary alicyclic amines) is 1. The van der Waals surface area contributed by atoms with Gasteiger partial charge in [-0.2, -0.15) is 13.2 Å². The summed E-state index contributed by atoms with van der Waals surface area (Å²) in [6.45, 7) is 4.09. The van der Waals surface area contributed by atoms with E-state index in [1.165, 1.54) is 6.07 Å². The van der Waals surface area contributed by atoms with Gasteiger partial charge in [0.1, 0.15) is 24.2 Å². The second-order valence-electron chi connectivity index (χ2n) is 8.32. The van der Waals surface area contributed by atoms with Crippen molar-refractivity contribution in [1.29, 1.82) is 0 Å². The highest BCUT2D eigenvalue weighted by molar-refractivity contribution is 6.32. The van der Waals surface area contributed by atoms with Gasteiger partial charge in [0.05, 0.1) is 22.2 Å². The highest BCUT2D eigenvalue weighted by atomic mass is 35.5. The predicted molar refractivity (Wildman–Crippen MR) is 135 cm³/mol. The molecular formula is C25H27Cl2F3N2O6. The van der Waals surface area contributed by atoms with Gasteiger partial charge in [-0.3, -0.25) is 9.69 Å². The van der Waals surface area contributed by atoms with Gasteiger partial charge in [-0.05, 0) is 56.2 Å². The molecule has 2 aromatic rings. The first-order chi connectivity index (χ1) is 18.0. The Hall–Kier alpha value is -2.89. The number of nitrogens with zero attached hydrogens (tertiary/aromatic N) is 1. The van der Waals surface area contributed by atoms with Crippen molar-refractivity contribution in [3.63, 3.8) is 0 Å². The molecule has 0 atom stereocenters. The van der Waals surface area contributed by atoms with Crippen LogP contribution in [0.3, 0.4) is 0 Å². The quantitative estimate of drug-likeness (QED) is 0.343. The van der Waals surface area contributed by atoms with Crippen molar-refractivity contribution in [3.8, 4) is 11.5 Å². The normalized spacial score (nSPS) is 14.6. The fourth-order valence-electron chi connectivity index (χ4n) is 3.65. The smallest absolute Gasteiger partial charge is 0.491 e. The molecule has 38 heavy (non-hydrogen) atoms. The molecule has 1 aliphatic heterocycles. The number of piperidine rings is 1. The summed E-state index contributed by atoms with van der Waals surface area (Å²) in [5.74, 6) is -0.161. The van der Waals surface area contributed by atoms with Gasteiger partial charge in [0, 0.05) is 25.3 Å². The van der Waals surface area contributed by atoms with Gasteiger partial charge >= 0.3 is 12.3 Å². The fourth-order valence-corrected chi connectivity index (χ4v) is 4.12. The monoisotopic (exact) mass is 578 g/mol.